The van der Waals surface area contributed by atoms with Gasteiger partial charge in [0.15, 0.2) is 5.96 Å². The number of guanidine groups is 1. The number of carboxylic acid groups (broad SMARTS) is 1. The van der Waals surface area contributed by atoms with Gasteiger partial charge in [0.05, 0.1) is 0 Å². The monoisotopic (exact) mass is 232 g/mol. The van der Waals surface area contributed by atoms with Crippen LogP contribution in [0.25, 0.3) is 0 Å². The van der Waals surface area contributed by atoms with E-state index < -0.39 is 12.0 Å². The van der Waals surface area contributed by atoms with Gasteiger partial charge >= 0.3 is 5.97 Å². The molecule has 0 aliphatic carbocycles. The van der Waals surface area contributed by atoms with E-state index >= 15 is 0 Å². The van der Waals surface area contributed by atoms with Crippen molar-refractivity contribution >= 4 is 11.9 Å². The van der Waals surface area contributed by atoms with Gasteiger partial charge in [0.25, 0.3) is 0 Å². The van der Waals surface area contributed by atoms with E-state index in [4.69, 9.17) is 22.0 Å². The molecule has 80 valence electrons. The predicted octanol–water partition coefficient (Wildman–Crippen LogP) is -1.34. The Balaban J connectivity index is 0. The second-order valence-corrected chi connectivity index (χ2v) is 2.43. The van der Waals surface area contributed by atoms with Crippen molar-refractivity contribution < 1.29 is 26.4 Å². The summed E-state index contributed by atoms with van der Waals surface area (Å²) >= 11 is 0. The summed E-state index contributed by atoms with van der Waals surface area (Å²) < 4.78 is 0. The largest absolute Gasteiger partial charge is 0.480 e. The minimum absolute atomic E-state index is 0. The number of nitrogens with one attached hydrogen (secondary N) is 2. The van der Waals surface area contributed by atoms with Crippen LogP contribution in [-0.2, 0) is 21.3 Å². The Bertz CT molecular complexity index is 176. The zero-order valence-electron chi connectivity index (χ0n) is 7.03. The standard InChI is InChI=1S/C6H14N4O2.Ni/c7-4(5(11)12)2-1-3-10-6(8)9;/h4H,1-3,7H2,(H,11,12)(H4,8,9,10);/t4-;/m0./s1. The van der Waals surface area contributed by atoms with E-state index in [2.05, 4.69) is 5.32 Å². The summed E-state index contributed by atoms with van der Waals surface area (Å²) in [7, 11) is 0. The fraction of sp³-hybridized carbons (Fsp3) is 0.667. The average Bonchev–Trinajstić information content (AvgIpc) is 1.97. The molecule has 0 aliphatic heterocycles. The number of nitrogens with two attached hydrogens (primary N) is 2. The van der Waals surface area contributed by atoms with Crippen molar-refractivity contribution in [1.29, 1.82) is 5.41 Å². The van der Waals surface area contributed by atoms with Crippen LogP contribution in [0.1, 0.15) is 12.8 Å². The zero-order valence-corrected chi connectivity index (χ0v) is 8.01. The van der Waals surface area contributed by atoms with Gasteiger partial charge in [-0.2, -0.15) is 0 Å². The zero-order chi connectivity index (χ0) is 9.56. The van der Waals surface area contributed by atoms with E-state index in [0.717, 1.165) is 0 Å². The topological polar surface area (TPSA) is 125 Å². The van der Waals surface area contributed by atoms with Crippen LogP contribution in [0, 0.1) is 5.41 Å². The summed E-state index contributed by atoms with van der Waals surface area (Å²) in [5.74, 6) is -1.11. The van der Waals surface area contributed by atoms with Crippen LogP contribution in [0.5, 0.6) is 0 Å². The summed E-state index contributed by atoms with van der Waals surface area (Å²) in [6, 6.07) is -0.821. The molecule has 0 aromatic heterocycles. The minimum atomic E-state index is -1.00. The smallest absolute Gasteiger partial charge is 0.320 e. The molecule has 7 N–H and O–H groups in total. The Morgan fingerprint density at radius 1 is 1.62 bits per heavy atom. The number of hydrogen-bond donors (Lipinski definition) is 5. The van der Waals surface area contributed by atoms with Crippen LogP contribution in [0.15, 0.2) is 0 Å². The molecule has 0 fully saturated rings. The van der Waals surface area contributed by atoms with Crippen molar-refractivity contribution in [2.24, 2.45) is 11.5 Å². The molecule has 0 bridgehead atoms. The summed E-state index contributed by atoms with van der Waals surface area (Å²) in [6.45, 7) is 0.482. The summed E-state index contributed by atoms with van der Waals surface area (Å²) in [5.41, 5.74) is 10.2. The quantitative estimate of drug-likeness (QED) is 0.174. The van der Waals surface area contributed by atoms with Crippen LogP contribution in [0.3, 0.4) is 0 Å². The third kappa shape index (κ3) is 9.11. The molecule has 0 rings (SSSR count). The van der Waals surface area contributed by atoms with Crippen molar-refractivity contribution in [3.05, 3.63) is 0 Å². The maximum Gasteiger partial charge on any atom is 0.320 e. The van der Waals surface area contributed by atoms with Crippen molar-refractivity contribution in [2.75, 3.05) is 6.54 Å². The molecule has 7 heteroatoms. The SMILES string of the molecule is N=C(N)NCCC[C@H](N)C(=O)O.[Ni]. The van der Waals surface area contributed by atoms with Gasteiger partial charge in [-0.25, -0.2) is 0 Å². The molecule has 0 aromatic carbocycles. The Morgan fingerprint density at radius 2 is 2.15 bits per heavy atom. The van der Waals surface area contributed by atoms with E-state index in [1.54, 1.807) is 0 Å². The number of hydrogen-bond acceptors (Lipinski definition) is 3. The number of aliphatic carboxylic acids is 1. The summed E-state index contributed by atoms with van der Waals surface area (Å²) in [5, 5.41) is 17.7. The van der Waals surface area contributed by atoms with Crippen LogP contribution >= 0.6 is 0 Å². The van der Waals surface area contributed by atoms with Crippen LogP contribution in [0.2, 0.25) is 0 Å². The Kier molecular flexibility index (Phi) is 8.85. The molecule has 6 nitrogen and oxygen atoms in total. The molecule has 0 aromatic rings. The molecule has 0 unspecified atom stereocenters. The van der Waals surface area contributed by atoms with Gasteiger partial charge < -0.3 is 21.9 Å². The molecule has 1 atom stereocenters. The number of carbonyl (C=O) groups is 1. The van der Waals surface area contributed by atoms with E-state index in [1.807, 2.05) is 0 Å². The second-order valence-electron chi connectivity index (χ2n) is 2.43. The predicted molar refractivity (Wildman–Crippen MR) is 44.8 cm³/mol. The Hall–Kier alpha value is -0.806. The fourth-order valence-corrected chi connectivity index (χ4v) is 0.669. The van der Waals surface area contributed by atoms with E-state index in [9.17, 15) is 4.79 Å². The van der Waals surface area contributed by atoms with Crippen molar-refractivity contribution in [2.45, 2.75) is 18.9 Å². The normalized spacial score (nSPS) is 11.2. The first kappa shape index (κ1) is 14.7. The third-order valence-electron chi connectivity index (χ3n) is 1.32. The number of carboxylic acids is 1. The van der Waals surface area contributed by atoms with Gasteiger partial charge in [-0.05, 0) is 12.8 Å². The van der Waals surface area contributed by atoms with E-state index in [1.165, 1.54) is 0 Å². The molecule has 0 radical (unpaired) electrons. The second kappa shape index (κ2) is 7.82. The van der Waals surface area contributed by atoms with E-state index in [-0.39, 0.29) is 22.5 Å². The first-order chi connectivity index (χ1) is 5.54. The maximum atomic E-state index is 10.2. The average molecular weight is 233 g/mol. The number of rotatable bonds is 5. The fourth-order valence-electron chi connectivity index (χ4n) is 0.669. The van der Waals surface area contributed by atoms with E-state index in [0.29, 0.717) is 19.4 Å². The first-order valence-electron chi connectivity index (χ1n) is 3.60. The van der Waals surface area contributed by atoms with Crippen molar-refractivity contribution in [3.8, 4) is 0 Å². The van der Waals surface area contributed by atoms with Gasteiger partial charge in [0, 0.05) is 23.0 Å². The minimum Gasteiger partial charge on any atom is -0.480 e. The molecule has 0 amide bonds. The molecule has 0 saturated carbocycles. The molecule has 0 heterocycles. The third-order valence-corrected chi connectivity index (χ3v) is 1.32. The molecule has 0 spiro atoms. The maximum absolute atomic E-state index is 10.2. The van der Waals surface area contributed by atoms with Gasteiger partial charge in [0.1, 0.15) is 6.04 Å². The molecule has 0 saturated heterocycles. The van der Waals surface area contributed by atoms with Crippen LogP contribution in [-0.4, -0.2) is 29.6 Å². The van der Waals surface area contributed by atoms with Crippen LogP contribution in [0.4, 0.5) is 0 Å². The van der Waals surface area contributed by atoms with Gasteiger partial charge in [-0.15, -0.1) is 0 Å². The Labute approximate surface area is 86.5 Å². The van der Waals surface area contributed by atoms with Crippen LogP contribution < -0.4 is 16.8 Å². The van der Waals surface area contributed by atoms with Crippen molar-refractivity contribution in [1.82, 2.24) is 5.32 Å². The van der Waals surface area contributed by atoms with Gasteiger partial charge in [-0.1, -0.05) is 0 Å². The van der Waals surface area contributed by atoms with Gasteiger partial charge in [0.2, 0.25) is 0 Å². The Morgan fingerprint density at radius 3 is 2.54 bits per heavy atom. The first-order valence-corrected chi connectivity index (χ1v) is 3.60. The molecule has 13 heavy (non-hydrogen) atoms. The molecular weight excluding hydrogens is 219 g/mol. The summed E-state index contributed by atoms with van der Waals surface area (Å²) in [6.07, 6.45) is 0.975. The summed E-state index contributed by atoms with van der Waals surface area (Å²) in [4.78, 5) is 10.2. The molecule has 0 aliphatic rings. The molecular formula is C6H14N4NiO2. The van der Waals surface area contributed by atoms with Gasteiger partial charge in [-0.3, -0.25) is 10.2 Å². The van der Waals surface area contributed by atoms with Crippen molar-refractivity contribution in [3.63, 3.8) is 0 Å².